The molecule has 0 saturated carbocycles. The highest BCUT2D eigenvalue weighted by molar-refractivity contribution is 5.49. The lowest BCUT2D eigenvalue weighted by Crippen LogP contribution is -1.96. The number of rotatable bonds is 3. The number of ether oxygens (including phenoxy) is 1. The lowest BCUT2D eigenvalue weighted by Gasteiger charge is -2.05. The van der Waals surface area contributed by atoms with E-state index in [2.05, 4.69) is 15.2 Å². The van der Waals surface area contributed by atoms with Crippen LogP contribution in [0, 0.1) is 0 Å². The number of benzene rings is 1. The fraction of sp³-hybridized carbons (Fsp3) is 0.0833. The van der Waals surface area contributed by atoms with E-state index in [9.17, 15) is 0 Å². The summed E-state index contributed by atoms with van der Waals surface area (Å²) in [5.74, 6) is 1.12. The highest BCUT2D eigenvalue weighted by Gasteiger charge is 2.06. The summed E-state index contributed by atoms with van der Waals surface area (Å²) in [6, 6.07) is 7.53. The van der Waals surface area contributed by atoms with Gasteiger partial charge in [-0.3, -0.25) is 4.40 Å². The third kappa shape index (κ3) is 1.89. The molecule has 6 nitrogen and oxygen atoms in total. The van der Waals surface area contributed by atoms with Crippen molar-refractivity contribution in [2.75, 3.05) is 0 Å². The van der Waals surface area contributed by atoms with Gasteiger partial charge < -0.3 is 10.5 Å². The predicted molar refractivity (Wildman–Crippen MR) is 65.2 cm³/mol. The smallest absolute Gasteiger partial charge is 0.265 e. The second-order valence-electron chi connectivity index (χ2n) is 3.74. The number of aromatic nitrogens is 4. The quantitative estimate of drug-likeness (QED) is 0.749. The van der Waals surface area contributed by atoms with Crippen molar-refractivity contribution in [3.05, 3.63) is 48.5 Å². The summed E-state index contributed by atoms with van der Waals surface area (Å²) < 4.78 is 7.42. The van der Waals surface area contributed by atoms with Crippen molar-refractivity contribution in [3.8, 4) is 11.6 Å². The van der Waals surface area contributed by atoms with Crippen molar-refractivity contribution in [2.24, 2.45) is 5.73 Å². The van der Waals surface area contributed by atoms with Gasteiger partial charge in [-0.2, -0.15) is 0 Å². The van der Waals surface area contributed by atoms with Crippen molar-refractivity contribution in [1.29, 1.82) is 0 Å². The Kier molecular flexibility index (Phi) is 2.62. The zero-order valence-corrected chi connectivity index (χ0v) is 9.52. The maximum atomic E-state index is 5.67. The monoisotopic (exact) mass is 241 g/mol. The maximum Gasteiger partial charge on any atom is 0.265 e. The molecule has 18 heavy (non-hydrogen) atoms. The van der Waals surface area contributed by atoms with E-state index >= 15 is 0 Å². The van der Waals surface area contributed by atoms with E-state index in [0.29, 0.717) is 23.8 Å². The molecule has 2 N–H and O–H groups in total. The first-order valence-corrected chi connectivity index (χ1v) is 5.48. The number of hydrogen-bond donors (Lipinski definition) is 1. The average Bonchev–Trinajstić information content (AvgIpc) is 2.89. The Morgan fingerprint density at radius 3 is 2.83 bits per heavy atom. The van der Waals surface area contributed by atoms with Gasteiger partial charge in [0.1, 0.15) is 12.1 Å². The largest absolute Gasteiger partial charge is 0.436 e. The van der Waals surface area contributed by atoms with Crippen LogP contribution in [0.25, 0.3) is 5.65 Å². The molecule has 1 aromatic carbocycles. The number of fused-ring (bicyclic) bond motifs is 1. The standard InChI is InChI=1S/C12H11N5O/c13-7-9-1-3-10(4-2-9)18-12-11-16-15-8-17(11)6-5-14-12/h1-6,8H,7,13H2. The van der Waals surface area contributed by atoms with Crippen molar-refractivity contribution in [2.45, 2.75) is 6.54 Å². The molecule has 0 aliphatic rings. The SMILES string of the molecule is NCc1ccc(Oc2nccn3cnnc23)cc1. The minimum atomic E-state index is 0.426. The van der Waals surface area contributed by atoms with Gasteiger partial charge in [-0.05, 0) is 17.7 Å². The van der Waals surface area contributed by atoms with Crippen molar-refractivity contribution >= 4 is 5.65 Å². The van der Waals surface area contributed by atoms with E-state index in [4.69, 9.17) is 10.5 Å². The molecular weight excluding hydrogens is 230 g/mol. The van der Waals surface area contributed by atoms with E-state index in [1.807, 2.05) is 24.3 Å². The van der Waals surface area contributed by atoms with Crippen LogP contribution >= 0.6 is 0 Å². The van der Waals surface area contributed by atoms with Crippen molar-refractivity contribution in [3.63, 3.8) is 0 Å². The summed E-state index contributed by atoms with van der Waals surface area (Å²) >= 11 is 0. The third-order valence-electron chi connectivity index (χ3n) is 2.56. The van der Waals surface area contributed by atoms with Crippen LogP contribution < -0.4 is 10.5 Å². The minimum absolute atomic E-state index is 0.426. The molecule has 0 atom stereocenters. The molecule has 2 heterocycles. The van der Waals surface area contributed by atoms with Crippen LogP contribution in [-0.4, -0.2) is 19.6 Å². The molecule has 0 spiro atoms. The van der Waals surface area contributed by atoms with Crippen LogP contribution in [0.15, 0.2) is 43.0 Å². The van der Waals surface area contributed by atoms with Gasteiger partial charge in [-0.1, -0.05) is 12.1 Å². The molecule has 3 aromatic rings. The first-order valence-electron chi connectivity index (χ1n) is 5.48. The molecule has 0 amide bonds. The van der Waals surface area contributed by atoms with Crippen molar-refractivity contribution in [1.82, 2.24) is 19.6 Å². The highest BCUT2D eigenvalue weighted by atomic mass is 16.5. The molecule has 0 radical (unpaired) electrons. The van der Waals surface area contributed by atoms with E-state index in [1.165, 1.54) is 0 Å². The molecule has 0 unspecified atom stereocenters. The second-order valence-corrected chi connectivity index (χ2v) is 3.74. The molecule has 6 heteroatoms. The minimum Gasteiger partial charge on any atom is -0.436 e. The Labute approximate surface area is 103 Å². The van der Waals surface area contributed by atoms with E-state index < -0.39 is 0 Å². The van der Waals surface area contributed by atoms with Crippen LogP contribution in [-0.2, 0) is 6.54 Å². The fourth-order valence-electron chi connectivity index (χ4n) is 1.61. The number of hydrogen-bond acceptors (Lipinski definition) is 5. The number of nitrogens with two attached hydrogens (primary N) is 1. The molecule has 0 aliphatic heterocycles. The summed E-state index contributed by atoms with van der Waals surface area (Å²) in [6.07, 6.45) is 5.00. The van der Waals surface area contributed by atoms with Crippen LogP contribution in [0.2, 0.25) is 0 Å². The zero-order chi connectivity index (χ0) is 12.4. The Balaban J connectivity index is 1.93. The van der Waals surface area contributed by atoms with Crippen LogP contribution in [0.5, 0.6) is 11.6 Å². The molecule has 3 rings (SSSR count). The molecule has 0 bridgehead atoms. The van der Waals surface area contributed by atoms with Gasteiger partial charge in [0, 0.05) is 18.9 Å². The fourth-order valence-corrected chi connectivity index (χ4v) is 1.61. The van der Waals surface area contributed by atoms with Gasteiger partial charge in [0.25, 0.3) is 5.88 Å². The molecule has 0 aliphatic carbocycles. The number of nitrogens with zero attached hydrogens (tertiary/aromatic N) is 4. The highest BCUT2D eigenvalue weighted by Crippen LogP contribution is 2.22. The molecule has 90 valence electrons. The molecular formula is C12H11N5O. The van der Waals surface area contributed by atoms with Crippen molar-refractivity contribution < 1.29 is 4.74 Å². The van der Waals surface area contributed by atoms with Crippen LogP contribution in [0.3, 0.4) is 0 Å². The normalized spacial score (nSPS) is 10.7. The van der Waals surface area contributed by atoms with Gasteiger partial charge in [0.15, 0.2) is 0 Å². The van der Waals surface area contributed by atoms with E-state index in [1.54, 1.807) is 23.1 Å². The van der Waals surface area contributed by atoms with Gasteiger partial charge >= 0.3 is 0 Å². The maximum absolute atomic E-state index is 5.67. The van der Waals surface area contributed by atoms with Gasteiger partial charge in [0.05, 0.1) is 0 Å². The molecule has 0 fully saturated rings. The van der Waals surface area contributed by atoms with Gasteiger partial charge in [-0.15, -0.1) is 10.2 Å². The lowest BCUT2D eigenvalue weighted by molar-refractivity contribution is 0.464. The Morgan fingerprint density at radius 2 is 2.06 bits per heavy atom. The summed E-state index contributed by atoms with van der Waals surface area (Å²) in [4.78, 5) is 4.15. The second kappa shape index (κ2) is 4.42. The topological polar surface area (TPSA) is 78.3 Å². The van der Waals surface area contributed by atoms with E-state index in [0.717, 1.165) is 5.56 Å². The summed E-state index contributed by atoms with van der Waals surface area (Å²) in [6.45, 7) is 0.512. The van der Waals surface area contributed by atoms with Crippen LogP contribution in [0.4, 0.5) is 0 Å². The molecule has 2 aromatic heterocycles. The molecule has 0 saturated heterocycles. The van der Waals surface area contributed by atoms with Crippen LogP contribution in [0.1, 0.15) is 5.56 Å². The summed E-state index contributed by atoms with van der Waals surface area (Å²) in [5, 5.41) is 7.76. The predicted octanol–water partition coefficient (Wildman–Crippen LogP) is 1.38. The van der Waals surface area contributed by atoms with Gasteiger partial charge in [0.2, 0.25) is 5.65 Å². The average molecular weight is 241 g/mol. The Hall–Kier alpha value is -2.47. The zero-order valence-electron chi connectivity index (χ0n) is 9.52. The first-order chi connectivity index (χ1) is 8.86. The third-order valence-corrected chi connectivity index (χ3v) is 2.56. The Morgan fingerprint density at radius 1 is 1.22 bits per heavy atom. The lowest BCUT2D eigenvalue weighted by atomic mass is 10.2. The Bertz CT molecular complexity index is 662. The summed E-state index contributed by atoms with van der Waals surface area (Å²) in [7, 11) is 0. The summed E-state index contributed by atoms with van der Waals surface area (Å²) in [5.41, 5.74) is 7.17. The van der Waals surface area contributed by atoms with E-state index in [-0.39, 0.29) is 0 Å². The van der Waals surface area contributed by atoms with Gasteiger partial charge in [-0.25, -0.2) is 4.98 Å². The first kappa shape index (κ1) is 10.7.